The van der Waals surface area contributed by atoms with Crippen molar-refractivity contribution >= 4 is 5.91 Å². The molecule has 120 valence electrons. The summed E-state index contributed by atoms with van der Waals surface area (Å²) in [6.07, 6.45) is 4.56. The summed E-state index contributed by atoms with van der Waals surface area (Å²) in [5, 5.41) is 0. The number of likely N-dealkylation sites (tertiary alicyclic amines) is 1. The second-order valence-corrected chi connectivity index (χ2v) is 6.09. The molecule has 1 saturated heterocycles. The minimum atomic E-state index is -0.634. The quantitative estimate of drug-likeness (QED) is 0.903. The number of hydrogen-bond donors (Lipinski definition) is 1. The molecule has 0 aliphatic carbocycles. The zero-order chi connectivity index (χ0) is 16.6. The van der Waals surface area contributed by atoms with Crippen molar-refractivity contribution in [2.75, 3.05) is 6.54 Å². The van der Waals surface area contributed by atoms with Crippen molar-refractivity contribution in [3.8, 4) is 0 Å². The first-order valence-electron chi connectivity index (χ1n) is 7.59. The van der Waals surface area contributed by atoms with E-state index >= 15 is 0 Å². The number of carbonyl (C=O) groups is 1. The molecular formula is C16H19N5O2. The molecule has 1 aliphatic rings. The molecular weight excluding hydrogens is 294 g/mol. The summed E-state index contributed by atoms with van der Waals surface area (Å²) in [5.41, 5.74) is 0.932. The highest BCUT2D eigenvalue weighted by Gasteiger charge is 2.43. The van der Waals surface area contributed by atoms with Gasteiger partial charge in [0.2, 0.25) is 0 Å². The van der Waals surface area contributed by atoms with E-state index in [2.05, 4.69) is 19.9 Å². The Morgan fingerprint density at radius 2 is 2.17 bits per heavy atom. The van der Waals surface area contributed by atoms with Gasteiger partial charge in [-0.2, -0.15) is 0 Å². The van der Waals surface area contributed by atoms with Crippen molar-refractivity contribution in [2.45, 2.75) is 39.2 Å². The smallest absolute Gasteiger partial charge is 0.258 e. The Hall–Kier alpha value is -2.57. The second kappa shape index (κ2) is 5.57. The molecule has 1 fully saturated rings. The summed E-state index contributed by atoms with van der Waals surface area (Å²) < 4.78 is 0. The molecule has 2 aromatic rings. The Bertz CT molecular complexity index is 816. The van der Waals surface area contributed by atoms with Crippen LogP contribution in [0.15, 0.2) is 23.4 Å². The van der Waals surface area contributed by atoms with Crippen molar-refractivity contribution in [1.82, 2.24) is 24.8 Å². The van der Waals surface area contributed by atoms with Crippen LogP contribution < -0.4 is 5.56 Å². The summed E-state index contributed by atoms with van der Waals surface area (Å²) in [6.45, 7) is 6.11. The molecule has 0 aromatic carbocycles. The monoisotopic (exact) mass is 313 g/mol. The summed E-state index contributed by atoms with van der Waals surface area (Å²) in [7, 11) is 0. The number of aryl methyl sites for hydroxylation is 2. The van der Waals surface area contributed by atoms with E-state index in [0.29, 0.717) is 29.3 Å². The van der Waals surface area contributed by atoms with Crippen LogP contribution in [0.25, 0.3) is 0 Å². The fourth-order valence-corrected chi connectivity index (χ4v) is 3.12. The maximum Gasteiger partial charge on any atom is 0.258 e. The summed E-state index contributed by atoms with van der Waals surface area (Å²) in [4.78, 5) is 41.8. The molecule has 1 aliphatic heterocycles. The lowest BCUT2D eigenvalue weighted by Gasteiger charge is -2.34. The number of nitrogens with zero attached hydrogens (tertiary/aromatic N) is 4. The number of aromatic nitrogens is 4. The highest BCUT2D eigenvalue weighted by Crippen LogP contribution is 2.37. The van der Waals surface area contributed by atoms with E-state index in [1.54, 1.807) is 18.7 Å². The number of carbonyl (C=O) groups excluding carboxylic acids is 1. The van der Waals surface area contributed by atoms with Crippen LogP contribution in [0.5, 0.6) is 0 Å². The predicted molar refractivity (Wildman–Crippen MR) is 84.0 cm³/mol. The van der Waals surface area contributed by atoms with Crippen LogP contribution in [0.3, 0.4) is 0 Å². The van der Waals surface area contributed by atoms with Crippen molar-refractivity contribution in [2.24, 2.45) is 0 Å². The third kappa shape index (κ3) is 2.62. The molecule has 1 amide bonds. The van der Waals surface area contributed by atoms with Gasteiger partial charge in [0.05, 0.1) is 16.8 Å². The molecule has 2 aromatic heterocycles. The number of hydrogen-bond acceptors (Lipinski definition) is 5. The largest absolute Gasteiger partial charge is 0.326 e. The topological polar surface area (TPSA) is 91.8 Å². The van der Waals surface area contributed by atoms with Crippen LogP contribution in [0.2, 0.25) is 0 Å². The SMILES string of the molecule is Cc1cc(=O)[nH]c([C@]2(C)CCCN2C(=O)c2cncnc2C)n1. The van der Waals surface area contributed by atoms with E-state index in [0.717, 1.165) is 12.8 Å². The van der Waals surface area contributed by atoms with Crippen molar-refractivity contribution < 1.29 is 4.79 Å². The minimum absolute atomic E-state index is 0.132. The van der Waals surface area contributed by atoms with E-state index in [9.17, 15) is 9.59 Å². The number of aromatic amines is 1. The van der Waals surface area contributed by atoms with Gasteiger partial charge in [-0.1, -0.05) is 0 Å². The van der Waals surface area contributed by atoms with E-state index in [1.165, 1.54) is 18.6 Å². The van der Waals surface area contributed by atoms with Gasteiger partial charge in [0.1, 0.15) is 12.2 Å². The maximum atomic E-state index is 13.0. The Morgan fingerprint density at radius 1 is 1.39 bits per heavy atom. The lowest BCUT2D eigenvalue weighted by Crippen LogP contribution is -2.45. The molecule has 3 rings (SSSR count). The molecule has 0 radical (unpaired) electrons. The molecule has 0 bridgehead atoms. The van der Waals surface area contributed by atoms with Crippen molar-refractivity contribution in [3.05, 3.63) is 51.7 Å². The van der Waals surface area contributed by atoms with Crippen LogP contribution in [-0.2, 0) is 5.54 Å². The maximum absolute atomic E-state index is 13.0. The van der Waals surface area contributed by atoms with Gasteiger partial charge in [-0.25, -0.2) is 15.0 Å². The van der Waals surface area contributed by atoms with E-state index < -0.39 is 5.54 Å². The van der Waals surface area contributed by atoms with E-state index in [4.69, 9.17) is 0 Å². The molecule has 0 unspecified atom stereocenters. The molecule has 3 heterocycles. The Kier molecular flexibility index (Phi) is 3.71. The van der Waals surface area contributed by atoms with Gasteiger partial charge in [0.25, 0.3) is 11.5 Å². The van der Waals surface area contributed by atoms with Gasteiger partial charge in [-0.15, -0.1) is 0 Å². The minimum Gasteiger partial charge on any atom is -0.326 e. The first kappa shape index (κ1) is 15.3. The highest BCUT2D eigenvalue weighted by atomic mass is 16.2. The predicted octanol–water partition coefficient (Wildman–Crippen LogP) is 1.33. The standard InChI is InChI=1S/C16H19N5O2/c1-10-7-13(22)20-15(19-10)16(3)5-4-6-21(16)14(23)12-8-17-9-18-11(12)2/h7-9H,4-6H2,1-3H3,(H,19,20,22)/t16-/m0/s1. The first-order valence-corrected chi connectivity index (χ1v) is 7.59. The fraction of sp³-hybridized carbons (Fsp3) is 0.438. The Morgan fingerprint density at radius 3 is 2.87 bits per heavy atom. The lowest BCUT2D eigenvalue weighted by atomic mass is 9.96. The normalized spacial score (nSPS) is 20.7. The average Bonchev–Trinajstić information content (AvgIpc) is 2.89. The van der Waals surface area contributed by atoms with Gasteiger partial charge in [-0.3, -0.25) is 9.59 Å². The van der Waals surface area contributed by atoms with Crippen LogP contribution in [0.4, 0.5) is 0 Å². The zero-order valence-electron chi connectivity index (χ0n) is 13.5. The molecule has 1 N–H and O–H groups in total. The molecule has 0 saturated carbocycles. The van der Waals surface area contributed by atoms with Crippen LogP contribution in [-0.4, -0.2) is 37.3 Å². The van der Waals surface area contributed by atoms with Crippen LogP contribution >= 0.6 is 0 Å². The third-order valence-corrected chi connectivity index (χ3v) is 4.41. The summed E-state index contributed by atoms with van der Waals surface area (Å²) in [5.74, 6) is 0.398. The van der Waals surface area contributed by atoms with Crippen molar-refractivity contribution in [1.29, 1.82) is 0 Å². The van der Waals surface area contributed by atoms with E-state index in [-0.39, 0.29) is 11.5 Å². The Balaban J connectivity index is 2.04. The van der Waals surface area contributed by atoms with Gasteiger partial charge < -0.3 is 9.88 Å². The second-order valence-electron chi connectivity index (χ2n) is 6.09. The number of nitrogens with one attached hydrogen (secondary N) is 1. The van der Waals surface area contributed by atoms with Gasteiger partial charge in [-0.05, 0) is 33.6 Å². The van der Waals surface area contributed by atoms with Gasteiger partial charge in [0.15, 0.2) is 0 Å². The Labute approximate surface area is 133 Å². The molecule has 7 heteroatoms. The van der Waals surface area contributed by atoms with Gasteiger partial charge >= 0.3 is 0 Å². The third-order valence-electron chi connectivity index (χ3n) is 4.41. The highest BCUT2D eigenvalue weighted by molar-refractivity contribution is 5.95. The molecule has 7 nitrogen and oxygen atoms in total. The fourth-order valence-electron chi connectivity index (χ4n) is 3.12. The van der Waals surface area contributed by atoms with Gasteiger partial charge in [0, 0.05) is 24.5 Å². The van der Waals surface area contributed by atoms with E-state index in [1.807, 2.05) is 6.92 Å². The number of H-pyrrole nitrogens is 1. The molecule has 1 atom stereocenters. The summed E-state index contributed by atoms with van der Waals surface area (Å²) >= 11 is 0. The van der Waals surface area contributed by atoms with Crippen molar-refractivity contribution in [3.63, 3.8) is 0 Å². The first-order chi connectivity index (χ1) is 10.9. The lowest BCUT2D eigenvalue weighted by molar-refractivity contribution is 0.0601. The van der Waals surface area contributed by atoms with Crippen LogP contribution in [0.1, 0.15) is 47.3 Å². The molecule has 0 spiro atoms. The molecule has 23 heavy (non-hydrogen) atoms. The average molecular weight is 313 g/mol. The number of amides is 1. The number of rotatable bonds is 2. The zero-order valence-corrected chi connectivity index (χ0v) is 13.5. The summed E-state index contributed by atoms with van der Waals surface area (Å²) in [6, 6.07) is 1.45. The van der Waals surface area contributed by atoms with Crippen LogP contribution in [0, 0.1) is 13.8 Å².